The fraction of sp³-hybridized carbons (Fsp3) is 0.562. The Kier molecular flexibility index (Phi) is 6.15. The van der Waals surface area contributed by atoms with Crippen LogP contribution in [0.4, 0.5) is 0 Å². The first-order valence-corrected chi connectivity index (χ1v) is 9.58. The van der Waals surface area contributed by atoms with Gasteiger partial charge in [0.25, 0.3) is 0 Å². The quantitative estimate of drug-likeness (QED) is 0.846. The van der Waals surface area contributed by atoms with Gasteiger partial charge in [-0.2, -0.15) is 4.31 Å². The van der Waals surface area contributed by atoms with Crippen LogP contribution in [0.3, 0.4) is 0 Å². The minimum absolute atomic E-state index is 0.234. The largest absolute Gasteiger partial charge is 0.380 e. The average Bonchev–Trinajstić information content (AvgIpc) is 2.53. The standard InChI is InChI=1S/C16H24N2O4S/c1-22-12-14-8-4-3-7-13(14)11-17-16(19)15-9-5-6-10-18(15)23(2,20)21/h3-4,7-8,15H,5-6,9-12H2,1-2H3,(H,17,19)/t15-/m0/s1. The number of sulfonamides is 1. The van der Waals surface area contributed by atoms with E-state index in [-0.39, 0.29) is 5.91 Å². The van der Waals surface area contributed by atoms with Crippen LogP contribution in [-0.4, -0.2) is 44.6 Å². The van der Waals surface area contributed by atoms with E-state index in [0.29, 0.717) is 26.1 Å². The fourth-order valence-corrected chi connectivity index (χ4v) is 4.01. The summed E-state index contributed by atoms with van der Waals surface area (Å²) in [5.74, 6) is -0.234. The van der Waals surface area contributed by atoms with Crippen LogP contribution in [0.5, 0.6) is 0 Å². The van der Waals surface area contributed by atoms with Crippen LogP contribution < -0.4 is 5.32 Å². The normalized spacial score (nSPS) is 19.5. The van der Waals surface area contributed by atoms with Crippen molar-refractivity contribution in [3.05, 3.63) is 35.4 Å². The van der Waals surface area contributed by atoms with Crippen LogP contribution in [0.25, 0.3) is 0 Å². The number of rotatable bonds is 6. The maximum Gasteiger partial charge on any atom is 0.238 e. The van der Waals surface area contributed by atoms with Crippen LogP contribution >= 0.6 is 0 Å². The lowest BCUT2D eigenvalue weighted by Gasteiger charge is -2.32. The maximum absolute atomic E-state index is 12.4. The second-order valence-corrected chi connectivity index (χ2v) is 7.74. The van der Waals surface area contributed by atoms with E-state index in [9.17, 15) is 13.2 Å². The number of methoxy groups -OCH3 is 1. The molecule has 1 saturated heterocycles. The maximum atomic E-state index is 12.4. The molecule has 1 aliphatic heterocycles. The number of amides is 1. The molecule has 7 heteroatoms. The van der Waals surface area contributed by atoms with Crippen LogP contribution in [0.15, 0.2) is 24.3 Å². The molecule has 1 atom stereocenters. The summed E-state index contributed by atoms with van der Waals surface area (Å²) in [6.45, 7) is 1.26. The monoisotopic (exact) mass is 340 g/mol. The van der Waals surface area contributed by atoms with Gasteiger partial charge in [-0.3, -0.25) is 4.79 Å². The summed E-state index contributed by atoms with van der Waals surface area (Å²) in [5.41, 5.74) is 1.99. The van der Waals surface area contributed by atoms with E-state index in [0.717, 1.165) is 30.2 Å². The molecular formula is C16H24N2O4S. The molecule has 128 valence electrons. The SMILES string of the molecule is COCc1ccccc1CNC(=O)[C@@H]1CCCCN1S(C)(=O)=O. The number of nitrogens with one attached hydrogen (secondary N) is 1. The van der Waals surface area contributed by atoms with E-state index in [4.69, 9.17) is 4.74 Å². The zero-order valence-electron chi connectivity index (χ0n) is 13.6. The molecule has 1 heterocycles. The Labute approximate surface area is 137 Å². The number of piperidine rings is 1. The summed E-state index contributed by atoms with van der Waals surface area (Å²) in [5, 5.41) is 2.87. The molecule has 1 amide bonds. The Bertz CT molecular complexity index is 645. The van der Waals surface area contributed by atoms with E-state index < -0.39 is 16.1 Å². The molecule has 0 spiro atoms. The van der Waals surface area contributed by atoms with Gasteiger partial charge in [0.05, 0.1) is 12.9 Å². The summed E-state index contributed by atoms with van der Waals surface area (Å²) < 4.78 is 30.2. The van der Waals surface area contributed by atoms with Gasteiger partial charge in [0.15, 0.2) is 0 Å². The minimum atomic E-state index is -3.37. The molecule has 23 heavy (non-hydrogen) atoms. The van der Waals surface area contributed by atoms with Gasteiger partial charge in [-0.05, 0) is 24.0 Å². The van der Waals surface area contributed by atoms with E-state index in [1.165, 1.54) is 4.31 Å². The highest BCUT2D eigenvalue weighted by Gasteiger charge is 2.34. The molecule has 0 unspecified atom stereocenters. The van der Waals surface area contributed by atoms with Gasteiger partial charge in [0.1, 0.15) is 6.04 Å². The number of carbonyl (C=O) groups excluding carboxylic acids is 1. The Balaban J connectivity index is 2.04. The van der Waals surface area contributed by atoms with Crippen molar-refractivity contribution in [2.75, 3.05) is 19.9 Å². The lowest BCUT2D eigenvalue weighted by Crippen LogP contribution is -2.51. The lowest BCUT2D eigenvalue weighted by molar-refractivity contribution is -0.125. The summed E-state index contributed by atoms with van der Waals surface area (Å²) in [7, 11) is -1.74. The molecule has 0 aliphatic carbocycles. The van der Waals surface area contributed by atoms with Crippen molar-refractivity contribution >= 4 is 15.9 Å². The molecule has 1 aromatic carbocycles. The first-order valence-electron chi connectivity index (χ1n) is 7.73. The van der Waals surface area contributed by atoms with Crippen molar-refractivity contribution in [2.45, 2.75) is 38.5 Å². The molecule has 0 saturated carbocycles. The highest BCUT2D eigenvalue weighted by atomic mass is 32.2. The molecule has 1 fully saturated rings. The topological polar surface area (TPSA) is 75.7 Å². The summed E-state index contributed by atoms with van der Waals surface area (Å²) in [4.78, 5) is 12.4. The molecule has 1 N–H and O–H groups in total. The first-order chi connectivity index (χ1) is 10.9. The number of ether oxygens (including phenoxy) is 1. The smallest absolute Gasteiger partial charge is 0.238 e. The van der Waals surface area contributed by atoms with Crippen molar-refractivity contribution in [3.63, 3.8) is 0 Å². The molecule has 2 rings (SSSR count). The summed E-state index contributed by atoms with van der Waals surface area (Å²) in [6.07, 6.45) is 3.39. The summed E-state index contributed by atoms with van der Waals surface area (Å²) >= 11 is 0. The number of hydrogen-bond donors (Lipinski definition) is 1. The molecule has 1 aromatic rings. The van der Waals surface area contributed by atoms with Crippen molar-refractivity contribution in [2.24, 2.45) is 0 Å². The Hall–Kier alpha value is -1.44. The predicted molar refractivity (Wildman–Crippen MR) is 88.2 cm³/mol. The zero-order valence-corrected chi connectivity index (χ0v) is 14.4. The van der Waals surface area contributed by atoms with Gasteiger partial charge in [-0.15, -0.1) is 0 Å². The number of benzene rings is 1. The van der Waals surface area contributed by atoms with E-state index in [1.54, 1.807) is 7.11 Å². The lowest BCUT2D eigenvalue weighted by atomic mass is 10.0. The molecule has 0 bridgehead atoms. The third-order valence-electron chi connectivity index (χ3n) is 4.05. The Morgan fingerprint density at radius 1 is 1.30 bits per heavy atom. The van der Waals surface area contributed by atoms with Crippen molar-refractivity contribution in [1.29, 1.82) is 0 Å². The Morgan fingerprint density at radius 3 is 2.65 bits per heavy atom. The highest BCUT2D eigenvalue weighted by Crippen LogP contribution is 2.20. The van der Waals surface area contributed by atoms with Gasteiger partial charge >= 0.3 is 0 Å². The summed E-state index contributed by atoms with van der Waals surface area (Å²) in [6, 6.07) is 7.11. The van der Waals surface area contributed by atoms with Crippen molar-refractivity contribution in [3.8, 4) is 0 Å². The zero-order chi connectivity index (χ0) is 16.9. The second kappa shape index (κ2) is 7.90. The third-order valence-corrected chi connectivity index (χ3v) is 5.34. The van der Waals surface area contributed by atoms with Gasteiger partial charge in [-0.25, -0.2) is 8.42 Å². The number of carbonyl (C=O) groups is 1. The van der Waals surface area contributed by atoms with Gasteiger partial charge in [0, 0.05) is 20.2 Å². The number of hydrogen-bond acceptors (Lipinski definition) is 4. The molecule has 0 aromatic heterocycles. The molecule has 6 nitrogen and oxygen atoms in total. The van der Waals surface area contributed by atoms with Crippen LogP contribution in [0, 0.1) is 0 Å². The Morgan fingerprint density at radius 2 is 2.00 bits per heavy atom. The van der Waals surface area contributed by atoms with Crippen LogP contribution in [-0.2, 0) is 32.7 Å². The molecule has 0 radical (unpaired) electrons. The highest BCUT2D eigenvalue weighted by molar-refractivity contribution is 7.88. The van der Waals surface area contributed by atoms with E-state index in [2.05, 4.69) is 5.32 Å². The molecule has 1 aliphatic rings. The fourth-order valence-electron chi connectivity index (χ4n) is 2.89. The predicted octanol–water partition coefficient (Wildman–Crippen LogP) is 1.26. The van der Waals surface area contributed by atoms with Gasteiger partial charge in [-0.1, -0.05) is 30.7 Å². The van der Waals surface area contributed by atoms with E-state index >= 15 is 0 Å². The van der Waals surface area contributed by atoms with Gasteiger partial charge in [0.2, 0.25) is 15.9 Å². The second-order valence-electron chi connectivity index (χ2n) is 5.80. The minimum Gasteiger partial charge on any atom is -0.380 e. The van der Waals surface area contributed by atoms with Crippen molar-refractivity contribution < 1.29 is 17.9 Å². The third kappa shape index (κ3) is 4.76. The van der Waals surface area contributed by atoms with Crippen LogP contribution in [0.2, 0.25) is 0 Å². The van der Waals surface area contributed by atoms with Crippen molar-refractivity contribution in [1.82, 2.24) is 9.62 Å². The first kappa shape index (κ1) is 17.9. The number of nitrogens with zero attached hydrogens (tertiary/aromatic N) is 1. The van der Waals surface area contributed by atoms with E-state index in [1.807, 2.05) is 24.3 Å². The van der Waals surface area contributed by atoms with Gasteiger partial charge < -0.3 is 10.1 Å². The van der Waals surface area contributed by atoms with Crippen LogP contribution in [0.1, 0.15) is 30.4 Å². The molecular weight excluding hydrogens is 316 g/mol. The average molecular weight is 340 g/mol.